The molecule has 1 saturated heterocycles. The summed E-state index contributed by atoms with van der Waals surface area (Å²) < 4.78 is 34.9. The molecule has 3 unspecified atom stereocenters. The number of fused-ring (bicyclic) bond motifs is 5. The number of amides is 4. The number of thiazole rings is 1. The van der Waals surface area contributed by atoms with Crippen LogP contribution in [-0.4, -0.2) is 103 Å². The van der Waals surface area contributed by atoms with E-state index in [1.165, 1.54) is 26.7 Å². The zero-order valence-corrected chi connectivity index (χ0v) is 40.7. The van der Waals surface area contributed by atoms with Gasteiger partial charge in [-0.25, -0.2) is 28.9 Å². The van der Waals surface area contributed by atoms with Crippen molar-refractivity contribution in [2.45, 2.75) is 105 Å². The predicted molar refractivity (Wildman–Crippen MR) is 257 cm³/mol. The molecular formula is C49H61FN10O7S. The Hall–Kier alpha value is -6.76. The van der Waals surface area contributed by atoms with Crippen LogP contribution < -0.4 is 15.4 Å². The highest BCUT2D eigenvalue weighted by molar-refractivity contribution is 7.11. The van der Waals surface area contributed by atoms with Crippen molar-refractivity contribution in [3.8, 4) is 39.5 Å². The average molecular weight is 953 g/mol. The maximum atomic E-state index is 16.7. The number of hydrogen-bond donors (Lipinski definition) is 4. The highest BCUT2D eigenvalue weighted by Gasteiger charge is 2.35. The molecular weight excluding hydrogens is 892 g/mol. The van der Waals surface area contributed by atoms with E-state index in [9.17, 15) is 19.2 Å². The summed E-state index contributed by atoms with van der Waals surface area (Å²) in [5.41, 5.74) is 4.46. The van der Waals surface area contributed by atoms with Gasteiger partial charge in [0.05, 0.1) is 77.2 Å². The van der Waals surface area contributed by atoms with Crippen LogP contribution in [0.3, 0.4) is 0 Å². The van der Waals surface area contributed by atoms with Gasteiger partial charge in [0.15, 0.2) is 0 Å². The Kier molecular flexibility index (Phi) is 15.8. The smallest absolute Gasteiger partial charge is 0.407 e. The number of hydrogen-bond acceptors (Lipinski definition) is 11. The first kappa shape index (κ1) is 49.2. The van der Waals surface area contributed by atoms with E-state index in [0.717, 1.165) is 51.3 Å². The van der Waals surface area contributed by atoms with Gasteiger partial charge in [-0.1, -0.05) is 54.0 Å². The second-order valence-corrected chi connectivity index (χ2v) is 18.4. The number of benzene rings is 2. The Morgan fingerprint density at radius 1 is 0.941 bits per heavy atom. The van der Waals surface area contributed by atoms with E-state index in [0.29, 0.717) is 65.8 Å². The molecule has 0 spiro atoms. The van der Waals surface area contributed by atoms with Crippen molar-refractivity contribution in [2.75, 3.05) is 33.9 Å². The lowest BCUT2D eigenvalue weighted by molar-refractivity contribution is -0.135. The molecule has 0 bridgehead atoms. The molecule has 68 heavy (non-hydrogen) atoms. The zero-order valence-electron chi connectivity index (χ0n) is 39.9. The van der Waals surface area contributed by atoms with Crippen LogP contribution >= 0.6 is 11.3 Å². The zero-order chi connectivity index (χ0) is 48.6. The van der Waals surface area contributed by atoms with Gasteiger partial charge in [-0.15, -0.1) is 11.3 Å². The van der Waals surface area contributed by atoms with Crippen LogP contribution in [0, 0.1) is 11.7 Å². The number of aromatic amines is 2. The molecule has 6 heterocycles. The number of nitrogens with one attached hydrogen (secondary N) is 4. The molecule has 17 nitrogen and oxygen atoms in total. The Morgan fingerprint density at radius 3 is 2.41 bits per heavy atom. The fraction of sp³-hybridized carbons (Fsp3) is 0.449. The van der Waals surface area contributed by atoms with Crippen LogP contribution in [0.25, 0.3) is 44.7 Å². The van der Waals surface area contributed by atoms with E-state index in [4.69, 9.17) is 14.5 Å². The van der Waals surface area contributed by atoms with Crippen LogP contribution in [0.1, 0.15) is 107 Å². The number of aromatic nitrogens is 6. The Bertz CT molecular complexity index is 2740. The standard InChI is InChI=1S/C46H53FN10O7S.C3H8/c1-7-10-38-49-22-36(65-38)44-57-32-13-12-26(30-20-48-37(52-30)24-55(14-8-2)43(59)41(25(3)4)54-46(61)63-6)16-28(32)18-34(57)40-29(47)17-27(19-35(40)64-44)31-21-50-42(53-31)33-11-9-15-56(33)39(58)23-51-45(60)62-5;1-3-2/h12-13,16-22,25,33,41,44H,7-11,14-15,23-24H2,1-6H3,(H,48,52)(H,50,53)(H,51,60)(H,54,61);3H2,1-2H3. The van der Waals surface area contributed by atoms with Crippen molar-refractivity contribution in [3.63, 3.8) is 0 Å². The van der Waals surface area contributed by atoms with Gasteiger partial charge in [0.1, 0.15) is 35.8 Å². The fourth-order valence-corrected chi connectivity index (χ4v) is 9.62. The van der Waals surface area contributed by atoms with Gasteiger partial charge < -0.3 is 44.6 Å². The van der Waals surface area contributed by atoms with E-state index in [1.54, 1.807) is 33.5 Å². The van der Waals surface area contributed by atoms with Gasteiger partial charge in [0.25, 0.3) is 0 Å². The molecule has 0 saturated carbocycles. The maximum Gasteiger partial charge on any atom is 0.407 e. The summed E-state index contributed by atoms with van der Waals surface area (Å²) in [6.45, 7) is 13.1. The number of carbonyl (C=O) groups is 4. The van der Waals surface area contributed by atoms with Gasteiger partial charge in [-0.05, 0) is 68.4 Å². The first-order valence-electron chi connectivity index (χ1n) is 23.3. The summed E-state index contributed by atoms with van der Waals surface area (Å²) in [6.07, 6.45) is 8.36. The van der Waals surface area contributed by atoms with Crippen molar-refractivity contribution in [2.24, 2.45) is 5.92 Å². The van der Waals surface area contributed by atoms with Gasteiger partial charge in [0.2, 0.25) is 18.0 Å². The SMILES string of the molecule is CCC.CCCc1ncc(C2Oc3cc(-c4cnc(C5CCCN5C(=O)CNC(=O)OC)[nH]4)cc(F)c3-c3cc4cc(-c5cnc(CN(CCC)C(=O)C(NC(=O)OC)C(C)C)[nH]5)ccc4n32)s1. The normalized spacial score (nSPS) is 15.5. The molecule has 4 N–H and O–H groups in total. The van der Waals surface area contributed by atoms with Crippen molar-refractivity contribution in [3.05, 3.63) is 82.3 Å². The summed E-state index contributed by atoms with van der Waals surface area (Å²) in [7, 11) is 2.51. The molecule has 19 heteroatoms. The largest absolute Gasteiger partial charge is 0.464 e. The number of methoxy groups -OCH3 is 2. The van der Waals surface area contributed by atoms with Crippen molar-refractivity contribution in [1.29, 1.82) is 0 Å². The van der Waals surface area contributed by atoms with Crippen LogP contribution in [0.2, 0.25) is 0 Å². The molecule has 0 aliphatic carbocycles. The number of halogens is 1. The van der Waals surface area contributed by atoms with Gasteiger partial charge in [-0.3, -0.25) is 14.2 Å². The molecule has 1 fully saturated rings. The highest BCUT2D eigenvalue weighted by atomic mass is 32.1. The summed E-state index contributed by atoms with van der Waals surface area (Å²) in [6, 6.07) is 10.1. The lowest BCUT2D eigenvalue weighted by Gasteiger charge is -2.29. The number of carbonyl (C=O) groups excluding carboxylic acids is 4. The third kappa shape index (κ3) is 10.5. The number of aryl methyl sites for hydroxylation is 1. The minimum Gasteiger partial charge on any atom is -0.464 e. The quantitative estimate of drug-likeness (QED) is 0.0769. The second kappa shape index (κ2) is 21.9. The number of H-pyrrole nitrogens is 2. The average Bonchev–Trinajstić information content (AvgIpc) is 4.19. The van der Waals surface area contributed by atoms with Crippen molar-refractivity contribution in [1.82, 2.24) is 49.9 Å². The minimum absolute atomic E-state index is 0.169. The van der Waals surface area contributed by atoms with Crippen LogP contribution in [0.5, 0.6) is 5.75 Å². The van der Waals surface area contributed by atoms with Gasteiger partial charge >= 0.3 is 12.2 Å². The molecule has 8 rings (SSSR count). The van der Waals surface area contributed by atoms with E-state index < -0.39 is 30.3 Å². The van der Waals surface area contributed by atoms with Crippen molar-refractivity contribution >= 4 is 46.2 Å². The maximum absolute atomic E-state index is 16.7. The number of nitrogens with zero attached hydrogens (tertiary/aromatic N) is 6. The summed E-state index contributed by atoms with van der Waals surface area (Å²) >= 11 is 1.57. The first-order chi connectivity index (χ1) is 32.8. The van der Waals surface area contributed by atoms with Crippen LogP contribution in [0.15, 0.2) is 55.0 Å². The van der Waals surface area contributed by atoms with Crippen LogP contribution in [-0.2, 0) is 32.0 Å². The van der Waals surface area contributed by atoms with Crippen molar-refractivity contribution < 1.29 is 37.8 Å². The molecule has 3 atom stereocenters. The summed E-state index contributed by atoms with van der Waals surface area (Å²) in [5, 5.41) is 6.96. The number of alkyl carbamates (subject to hydrolysis) is 2. The molecule has 0 radical (unpaired) electrons. The van der Waals surface area contributed by atoms with E-state index >= 15 is 4.39 Å². The Morgan fingerprint density at radius 2 is 1.69 bits per heavy atom. The van der Waals surface area contributed by atoms with Gasteiger partial charge in [-0.2, -0.15) is 0 Å². The molecule has 2 aliphatic rings. The monoisotopic (exact) mass is 952 g/mol. The Balaban J connectivity index is 0.00000222. The summed E-state index contributed by atoms with van der Waals surface area (Å²) in [5.74, 6) is 0.373. The van der Waals surface area contributed by atoms with E-state index in [-0.39, 0.29) is 36.9 Å². The molecule has 4 amide bonds. The predicted octanol–water partition coefficient (Wildman–Crippen LogP) is 9.13. The number of likely N-dealkylation sites (tertiary alicyclic amines) is 1. The number of rotatable bonds is 15. The van der Waals surface area contributed by atoms with E-state index in [1.807, 2.05) is 61.9 Å². The Labute approximate surface area is 399 Å². The number of imidazole rings is 2. The fourth-order valence-electron chi connectivity index (χ4n) is 8.58. The van der Waals surface area contributed by atoms with Gasteiger partial charge in [0, 0.05) is 35.8 Å². The van der Waals surface area contributed by atoms with E-state index in [2.05, 4.69) is 56.1 Å². The number of ether oxygens (including phenoxy) is 3. The van der Waals surface area contributed by atoms with Crippen LogP contribution in [0.4, 0.5) is 14.0 Å². The third-order valence-electron chi connectivity index (χ3n) is 11.7. The topological polar surface area (TPSA) is 202 Å². The second-order valence-electron chi connectivity index (χ2n) is 17.2. The third-order valence-corrected chi connectivity index (χ3v) is 12.8. The molecule has 2 aromatic carbocycles. The molecule has 362 valence electrons. The molecule has 6 aromatic rings. The molecule has 4 aromatic heterocycles. The summed E-state index contributed by atoms with van der Waals surface area (Å²) in [4.78, 5) is 75.3. The molecule has 2 aliphatic heterocycles. The highest BCUT2D eigenvalue weighted by Crippen LogP contribution is 2.48. The minimum atomic E-state index is -0.765. The lowest BCUT2D eigenvalue weighted by atomic mass is 10.0. The first-order valence-corrected chi connectivity index (χ1v) is 24.1. The lowest BCUT2D eigenvalue weighted by Crippen LogP contribution is -2.51.